The SMILES string of the molecule is Cn1cc(S(=O)(=O)NCC(=O)N2CC(O)C(C)(C)C2)cn1. The number of hydrogen-bond donors (Lipinski definition) is 2. The molecule has 1 aliphatic heterocycles. The van der Waals surface area contributed by atoms with Gasteiger partial charge in [0.05, 0.1) is 18.8 Å². The van der Waals surface area contributed by atoms with E-state index in [1.165, 1.54) is 22.0 Å². The van der Waals surface area contributed by atoms with E-state index in [0.29, 0.717) is 6.54 Å². The Morgan fingerprint density at radius 2 is 2.24 bits per heavy atom. The van der Waals surface area contributed by atoms with E-state index >= 15 is 0 Å². The number of aliphatic hydroxyl groups excluding tert-OH is 1. The fourth-order valence-electron chi connectivity index (χ4n) is 2.20. The van der Waals surface area contributed by atoms with Crippen molar-refractivity contribution in [2.24, 2.45) is 12.5 Å². The van der Waals surface area contributed by atoms with E-state index in [2.05, 4.69) is 9.82 Å². The predicted octanol–water partition coefficient (Wildman–Crippen LogP) is -1.07. The average molecular weight is 316 g/mol. The number of nitrogens with one attached hydrogen (secondary N) is 1. The standard InChI is InChI=1S/C12H20N4O4S/c1-12(2)8-16(7-10(12)17)11(18)5-14-21(19,20)9-4-13-15(3)6-9/h4,6,10,14,17H,5,7-8H2,1-3H3. The quantitative estimate of drug-likeness (QED) is 0.736. The number of likely N-dealkylation sites (tertiary alicyclic amines) is 1. The maximum atomic E-state index is 12.0. The summed E-state index contributed by atoms with van der Waals surface area (Å²) in [5.41, 5.74) is -0.377. The summed E-state index contributed by atoms with van der Waals surface area (Å²) in [5.74, 6) is -0.355. The van der Waals surface area contributed by atoms with Gasteiger partial charge in [0, 0.05) is 31.7 Å². The first kappa shape index (κ1) is 15.9. The van der Waals surface area contributed by atoms with Crippen molar-refractivity contribution >= 4 is 15.9 Å². The molecule has 21 heavy (non-hydrogen) atoms. The van der Waals surface area contributed by atoms with Gasteiger partial charge in [-0.15, -0.1) is 0 Å². The zero-order chi connectivity index (χ0) is 15.8. The molecule has 2 rings (SSSR count). The highest BCUT2D eigenvalue weighted by atomic mass is 32.2. The summed E-state index contributed by atoms with van der Waals surface area (Å²) in [6.07, 6.45) is 1.97. The van der Waals surface area contributed by atoms with Crippen molar-refractivity contribution in [3.8, 4) is 0 Å². The Bertz CT molecular complexity index is 637. The van der Waals surface area contributed by atoms with E-state index in [4.69, 9.17) is 0 Å². The first-order chi connectivity index (χ1) is 9.62. The van der Waals surface area contributed by atoms with Crippen LogP contribution < -0.4 is 4.72 Å². The van der Waals surface area contributed by atoms with E-state index in [0.717, 1.165) is 0 Å². The van der Waals surface area contributed by atoms with Gasteiger partial charge in [0.25, 0.3) is 0 Å². The average Bonchev–Trinajstić information content (AvgIpc) is 2.92. The molecule has 1 fully saturated rings. The Morgan fingerprint density at radius 3 is 2.71 bits per heavy atom. The van der Waals surface area contributed by atoms with Gasteiger partial charge in [-0.2, -0.15) is 5.10 Å². The summed E-state index contributed by atoms with van der Waals surface area (Å²) in [6, 6.07) is 0. The monoisotopic (exact) mass is 316 g/mol. The number of aromatic nitrogens is 2. The van der Waals surface area contributed by atoms with Crippen LogP contribution in [-0.4, -0.2) is 59.9 Å². The van der Waals surface area contributed by atoms with Crippen LogP contribution in [0.5, 0.6) is 0 Å². The Kier molecular flexibility index (Phi) is 4.09. The normalized spacial score (nSPS) is 21.7. The summed E-state index contributed by atoms with van der Waals surface area (Å²) in [6.45, 7) is 4.03. The second kappa shape index (κ2) is 5.39. The lowest BCUT2D eigenvalue weighted by Crippen LogP contribution is -2.39. The number of carbonyl (C=O) groups excluding carboxylic acids is 1. The molecule has 1 unspecified atom stereocenters. The van der Waals surface area contributed by atoms with Crippen molar-refractivity contribution in [3.63, 3.8) is 0 Å². The molecule has 1 aromatic rings. The number of rotatable bonds is 4. The molecule has 2 heterocycles. The number of amides is 1. The molecular weight excluding hydrogens is 296 g/mol. The molecule has 1 atom stereocenters. The Balaban J connectivity index is 1.96. The lowest BCUT2D eigenvalue weighted by Gasteiger charge is -2.21. The second-order valence-electron chi connectivity index (χ2n) is 5.95. The summed E-state index contributed by atoms with van der Waals surface area (Å²) < 4.78 is 27.6. The van der Waals surface area contributed by atoms with Gasteiger partial charge in [0.2, 0.25) is 15.9 Å². The largest absolute Gasteiger partial charge is 0.391 e. The molecule has 0 aliphatic carbocycles. The van der Waals surface area contributed by atoms with Gasteiger partial charge in [-0.05, 0) is 0 Å². The second-order valence-corrected chi connectivity index (χ2v) is 7.72. The molecule has 0 aromatic carbocycles. The van der Waals surface area contributed by atoms with Crippen LogP contribution in [0.2, 0.25) is 0 Å². The van der Waals surface area contributed by atoms with E-state index in [1.54, 1.807) is 7.05 Å². The minimum Gasteiger partial charge on any atom is -0.391 e. The first-order valence-electron chi connectivity index (χ1n) is 6.56. The fourth-order valence-corrected chi connectivity index (χ4v) is 3.15. The third-order valence-corrected chi connectivity index (χ3v) is 5.01. The van der Waals surface area contributed by atoms with E-state index in [-0.39, 0.29) is 29.3 Å². The van der Waals surface area contributed by atoms with Crippen LogP contribution in [0.3, 0.4) is 0 Å². The molecular formula is C12H20N4O4S. The predicted molar refractivity (Wildman–Crippen MR) is 74.8 cm³/mol. The van der Waals surface area contributed by atoms with Gasteiger partial charge >= 0.3 is 0 Å². The number of nitrogens with zero attached hydrogens (tertiary/aromatic N) is 3. The van der Waals surface area contributed by atoms with Crippen molar-refractivity contribution in [1.82, 2.24) is 19.4 Å². The van der Waals surface area contributed by atoms with Crippen molar-refractivity contribution < 1.29 is 18.3 Å². The van der Waals surface area contributed by atoms with Gasteiger partial charge in [-0.1, -0.05) is 13.8 Å². The topological polar surface area (TPSA) is 105 Å². The summed E-state index contributed by atoms with van der Waals surface area (Å²) >= 11 is 0. The fraction of sp³-hybridized carbons (Fsp3) is 0.667. The van der Waals surface area contributed by atoms with E-state index in [1.807, 2.05) is 13.8 Å². The zero-order valence-corrected chi connectivity index (χ0v) is 13.1. The summed E-state index contributed by atoms with van der Waals surface area (Å²) in [7, 11) is -2.14. The molecule has 0 saturated carbocycles. The molecule has 0 bridgehead atoms. The zero-order valence-electron chi connectivity index (χ0n) is 12.3. The number of aryl methyl sites for hydroxylation is 1. The maximum Gasteiger partial charge on any atom is 0.244 e. The summed E-state index contributed by atoms with van der Waals surface area (Å²) in [4.78, 5) is 13.5. The molecule has 1 amide bonds. The lowest BCUT2D eigenvalue weighted by atomic mass is 9.90. The highest BCUT2D eigenvalue weighted by Gasteiger charge is 2.40. The van der Waals surface area contributed by atoms with Crippen LogP contribution in [0.25, 0.3) is 0 Å². The molecule has 8 nitrogen and oxygen atoms in total. The van der Waals surface area contributed by atoms with Crippen LogP contribution in [0, 0.1) is 5.41 Å². The molecule has 2 N–H and O–H groups in total. The van der Waals surface area contributed by atoms with Crippen molar-refractivity contribution in [2.45, 2.75) is 24.8 Å². The summed E-state index contributed by atoms with van der Waals surface area (Å²) in [5, 5.41) is 13.6. The van der Waals surface area contributed by atoms with Crippen LogP contribution in [0.1, 0.15) is 13.8 Å². The minimum absolute atomic E-state index is 0.0135. The molecule has 9 heteroatoms. The number of β-amino-alcohol motifs (C(OH)–C–C–N with tert-alkyl or cyclic N) is 1. The molecule has 118 valence electrons. The molecule has 0 radical (unpaired) electrons. The number of aliphatic hydroxyl groups is 1. The van der Waals surface area contributed by atoms with E-state index in [9.17, 15) is 18.3 Å². The van der Waals surface area contributed by atoms with Crippen LogP contribution in [0.15, 0.2) is 17.3 Å². The van der Waals surface area contributed by atoms with E-state index < -0.39 is 16.1 Å². The number of carbonyl (C=O) groups is 1. The number of hydrogen-bond acceptors (Lipinski definition) is 5. The van der Waals surface area contributed by atoms with Crippen LogP contribution in [0.4, 0.5) is 0 Å². The highest BCUT2D eigenvalue weighted by Crippen LogP contribution is 2.29. The lowest BCUT2D eigenvalue weighted by molar-refractivity contribution is -0.129. The molecule has 1 aliphatic rings. The van der Waals surface area contributed by atoms with Gasteiger partial charge in [-0.25, -0.2) is 13.1 Å². The Labute approximate surface area is 123 Å². The molecule has 1 aromatic heterocycles. The third kappa shape index (κ3) is 3.42. The molecule has 0 spiro atoms. The van der Waals surface area contributed by atoms with Crippen LogP contribution in [-0.2, 0) is 21.9 Å². The minimum atomic E-state index is -3.75. The van der Waals surface area contributed by atoms with Crippen LogP contribution >= 0.6 is 0 Å². The van der Waals surface area contributed by atoms with Crippen molar-refractivity contribution in [2.75, 3.05) is 19.6 Å². The highest BCUT2D eigenvalue weighted by molar-refractivity contribution is 7.89. The Hall–Kier alpha value is -1.45. The third-order valence-electron chi connectivity index (χ3n) is 3.65. The first-order valence-corrected chi connectivity index (χ1v) is 8.04. The molecule has 1 saturated heterocycles. The van der Waals surface area contributed by atoms with Crippen molar-refractivity contribution in [3.05, 3.63) is 12.4 Å². The van der Waals surface area contributed by atoms with Gasteiger partial charge in [0.1, 0.15) is 4.90 Å². The maximum absolute atomic E-state index is 12.0. The Morgan fingerprint density at radius 1 is 1.57 bits per heavy atom. The smallest absolute Gasteiger partial charge is 0.244 e. The van der Waals surface area contributed by atoms with Gasteiger partial charge in [0.15, 0.2) is 0 Å². The van der Waals surface area contributed by atoms with Gasteiger partial charge in [-0.3, -0.25) is 9.48 Å². The van der Waals surface area contributed by atoms with Crippen molar-refractivity contribution in [1.29, 1.82) is 0 Å². The number of sulfonamides is 1. The van der Waals surface area contributed by atoms with Gasteiger partial charge < -0.3 is 10.0 Å².